The Morgan fingerprint density at radius 1 is 1.38 bits per heavy atom. The van der Waals surface area contributed by atoms with Crippen molar-refractivity contribution in [3.05, 3.63) is 0 Å². The fourth-order valence-electron chi connectivity index (χ4n) is 2.00. The monoisotopic (exact) mass is 243 g/mol. The molecule has 1 aliphatic heterocycles. The van der Waals surface area contributed by atoms with E-state index in [4.69, 9.17) is 5.11 Å². The van der Waals surface area contributed by atoms with Gasteiger partial charge in [-0.3, -0.25) is 19.3 Å². The molecule has 0 bridgehead atoms. The van der Waals surface area contributed by atoms with Crippen LogP contribution in [0.15, 0.2) is 0 Å². The smallest absolute Gasteiger partial charge is 0.305 e. The molecule has 1 aliphatic carbocycles. The van der Waals surface area contributed by atoms with Crippen LogP contribution >= 0.6 is 11.8 Å². The first-order chi connectivity index (χ1) is 7.59. The number of hydrogen-bond donors (Lipinski definition) is 1. The molecule has 1 unspecified atom stereocenters. The van der Waals surface area contributed by atoms with Crippen LogP contribution in [0.3, 0.4) is 0 Å². The molecular weight excluding hydrogens is 230 g/mol. The summed E-state index contributed by atoms with van der Waals surface area (Å²) in [4.78, 5) is 35.2. The molecule has 1 N–H and O–H groups in total. The Morgan fingerprint density at radius 2 is 1.94 bits per heavy atom. The third kappa shape index (κ3) is 2.37. The third-order valence-electron chi connectivity index (χ3n) is 2.87. The molecule has 0 aromatic heterocycles. The molecule has 2 fully saturated rings. The Bertz CT molecular complexity index is 324. The van der Waals surface area contributed by atoms with Gasteiger partial charge in [0, 0.05) is 0 Å². The molecule has 0 aromatic carbocycles. The average Bonchev–Trinajstić information content (AvgIpc) is 2.98. The SMILES string of the molecule is O=C(O)CC(C1CC1)N1C(=O)CSCC1=O. The number of nitrogens with zero attached hydrogens (tertiary/aromatic N) is 1. The Hall–Kier alpha value is -1.04. The molecule has 0 spiro atoms. The van der Waals surface area contributed by atoms with Crippen molar-refractivity contribution in [3.63, 3.8) is 0 Å². The maximum atomic E-state index is 11.7. The van der Waals surface area contributed by atoms with Gasteiger partial charge in [-0.25, -0.2) is 0 Å². The minimum absolute atomic E-state index is 0.118. The fraction of sp³-hybridized carbons (Fsp3) is 0.700. The van der Waals surface area contributed by atoms with Crippen molar-refractivity contribution < 1.29 is 19.5 Å². The molecule has 1 heterocycles. The largest absolute Gasteiger partial charge is 0.481 e. The number of aliphatic carboxylic acids is 1. The zero-order chi connectivity index (χ0) is 11.7. The van der Waals surface area contributed by atoms with E-state index in [-0.39, 0.29) is 35.7 Å². The predicted octanol–water partition coefficient (Wildman–Crippen LogP) is 0.342. The van der Waals surface area contributed by atoms with Crippen LogP contribution < -0.4 is 0 Å². The summed E-state index contributed by atoms with van der Waals surface area (Å²) >= 11 is 1.30. The molecule has 6 heteroatoms. The molecule has 2 amide bonds. The Labute approximate surface area is 97.2 Å². The molecule has 1 atom stereocenters. The van der Waals surface area contributed by atoms with Gasteiger partial charge in [-0.2, -0.15) is 0 Å². The van der Waals surface area contributed by atoms with Crippen molar-refractivity contribution in [3.8, 4) is 0 Å². The summed E-state index contributed by atoms with van der Waals surface area (Å²) in [5, 5.41) is 8.81. The highest BCUT2D eigenvalue weighted by Gasteiger charge is 2.42. The summed E-state index contributed by atoms with van der Waals surface area (Å²) < 4.78 is 0. The minimum Gasteiger partial charge on any atom is -0.481 e. The van der Waals surface area contributed by atoms with Gasteiger partial charge >= 0.3 is 5.97 Å². The Kier molecular flexibility index (Phi) is 3.18. The highest BCUT2D eigenvalue weighted by molar-refractivity contribution is 8.00. The van der Waals surface area contributed by atoms with Crippen LogP contribution in [0.25, 0.3) is 0 Å². The van der Waals surface area contributed by atoms with E-state index in [1.165, 1.54) is 16.7 Å². The van der Waals surface area contributed by atoms with Gasteiger partial charge in [-0.1, -0.05) is 0 Å². The Balaban J connectivity index is 2.13. The second-order valence-corrected chi connectivity index (χ2v) is 5.14. The molecule has 2 rings (SSSR count). The second-order valence-electron chi connectivity index (χ2n) is 4.15. The maximum Gasteiger partial charge on any atom is 0.305 e. The van der Waals surface area contributed by atoms with Crippen LogP contribution in [0.5, 0.6) is 0 Å². The van der Waals surface area contributed by atoms with Crippen LogP contribution in [-0.4, -0.2) is 45.3 Å². The number of carboxylic acid groups (broad SMARTS) is 1. The normalized spacial score (nSPS) is 23.4. The van der Waals surface area contributed by atoms with E-state index in [0.29, 0.717) is 0 Å². The molecule has 0 aromatic rings. The van der Waals surface area contributed by atoms with Crippen LogP contribution in [-0.2, 0) is 14.4 Å². The minimum atomic E-state index is -0.948. The lowest BCUT2D eigenvalue weighted by Crippen LogP contribution is -2.50. The van der Waals surface area contributed by atoms with Gasteiger partial charge in [-0.15, -0.1) is 11.8 Å². The number of rotatable bonds is 4. The van der Waals surface area contributed by atoms with Crippen LogP contribution in [0.4, 0.5) is 0 Å². The molecule has 16 heavy (non-hydrogen) atoms. The van der Waals surface area contributed by atoms with E-state index in [2.05, 4.69) is 0 Å². The van der Waals surface area contributed by atoms with Crippen molar-refractivity contribution in [1.29, 1.82) is 0 Å². The van der Waals surface area contributed by atoms with Gasteiger partial charge in [0.2, 0.25) is 11.8 Å². The fourth-order valence-corrected chi connectivity index (χ4v) is 2.73. The van der Waals surface area contributed by atoms with Crippen molar-refractivity contribution in [2.75, 3.05) is 11.5 Å². The number of amides is 2. The number of hydrogen-bond acceptors (Lipinski definition) is 4. The first-order valence-electron chi connectivity index (χ1n) is 5.24. The highest BCUT2D eigenvalue weighted by Crippen LogP contribution is 2.38. The van der Waals surface area contributed by atoms with E-state index in [0.717, 1.165) is 12.8 Å². The number of carbonyl (C=O) groups is 3. The first-order valence-corrected chi connectivity index (χ1v) is 6.39. The van der Waals surface area contributed by atoms with E-state index < -0.39 is 12.0 Å². The quantitative estimate of drug-likeness (QED) is 0.721. The molecule has 88 valence electrons. The lowest BCUT2D eigenvalue weighted by Gasteiger charge is -2.31. The predicted molar refractivity (Wildman–Crippen MR) is 57.9 cm³/mol. The van der Waals surface area contributed by atoms with Gasteiger partial charge in [-0.05, 0) is 18.8 Å². The molecule has 5 nitrogen and oxygen atoms in total. The average molecular weight is 243 g/mol. The summed E-state index contributed by atoms with van der Waals surface area (Å²) in [5.74, 6) is -0.648. The van der Waals surface area contributed by atoms with Gasteiger partial charge in [0.05, 0.1) is 24.0 Å². The van der Waals surface area contributed by atoms with Gasteiger partial charge in [0.15, 0.2) is 0 Å². The van der Waals surface area contributed by atoms with E-state index in [9.17, 15) is 14.4 Å². The maximum absolute atomic E-state index is 11.7. The zero-order valence-electron chi connectivity index (χ0n) is 8.72. The van der Waals surface area contributed by atoms with Gasteiger partial charge in [0.1, 0.15) is 0 Å². The standard InChI is InChI=1S/C10H13NO4S/c12-8-4-16-5-9(13)11(8)7(3-10(14)15)6-1-2-6/h6-7H,1-5H2,(H,14,15). The number of carbonyl (C=O) groups excluding carboxylic acids is 2. The summed E-state index contributed by atoms with van der Waals surface area (Å²) in [5.41, 5.74) is 0. The van der Waals surface area contributed by atoms with Crippen molar-refractivity contribution in [1.82, 2.24) is 4.90 Å². The van der Waals surface area contributed by atoms with Gasteiger partial charge < -0.3 is 5.11 Å². The second kappa shape index (κ2) is 4.45. The number of thioether (sulfide) groups is 1. The van der Waals surface area contributed by atoms with Gasteiger partial charge in [0.25, 0.3) is 0 Å². The molecule has 1 saturated carbocycles. The van der Waals surface area contributed by atoms with Crippen LogP contribution in [0.1, 0.15) is 19.3 Å². The van der Waals surface area contributed by atoms with Crippen molar-refractivity contribution >= 4 is 29.5 Å². The summed E-state index contributed by atoms with van der Waals surface area (Å²) in [6.45, 7) is 0. The zero-order valence-corrected chi connectivity index (χ0v) is 9.53. The van der Waals surface area contributed by atoms with Crippen LogP contribution in [0.2, 0.25) is 0 Å². The number of imide groups is 1. The van der Waals surface area contributed by atoms with E-state index in [1.807, 2.05) is 0 Å². The molecule has 0 radical (unpaired) electrons. The third-order valence-corrected chi connectivity index (χ3v) is 3.77. The Morgan fingerprint density at radius 3 is 2.38 bits per heavy atom. The molecule has 1 saturated heterocycles. The number of carboxylic acids is 1. The summed E-state index contributed by atoms with van der Waals surface area (Å²) in [6.07, 6.45) is 1.72. The van der Waals surface area contributed by atoms with Crippen LogP contribution in [0, 0.1) is 5.92 Å². The van der Waals surface area contributed by atoms with Crippen molar-refractivity contribution in [2.24, 2.45) is 5.92 Å². The molecular formula is C10H13NO4S. The molecule has 2 aliphatic rings. The lowest BCUT2D eigenvalue weighted by molar-refractivity contribution is -0.147. The highest BCUT2D eigenvalue weighted by atomic mass is 32.2. The topological polar surface area (TPSA) is 74.7 Å². The van der Waals surface area contributed by atoms with E-state index in [1.54, 1.807) is 0 Å². The summed E-state index contributed by atoms with van der Waals surface area (Å²) in [6, 6.07) is -0.418. The summed E-state index contributed by atoms with van der Waals surface area (Å²) in [7, 11) is 0. The van der Waals surface area contributed by atoms with E-state index >= 15 is 0 Å². The van der Waals surface area contributed by atoms with Crippen molar-refractivity contribution in [2.45, 2.75) is 25.3 Å². The lowest BCUT2D eigenvalue weighted by atomic mass is 10.1. The first kappa shape index (κ1) is 11.4.